The SMILES string of the molecule is CCCn1c(=O)n(CC)c(=O)c2c1nc(NC1CCCCC1)n2Cc1cccc(O)c1. The number of rotatable bonds is 7. The van der Waals surface area contributed by atoms with E-state index in [-0.39, 0.29) is 17.0 Å². The summed E-state index contributed by atoms with van der Waals surface area (Å²) in [5, 5.41) is 13.5. The van der Waals surface area contributed by atoms with Crippen LogP contribution in [0.4, 0.5) is 5.95 Å². The van der Waals surface area contributed by atoms with Crippen molar-refractivity contribution in [1.29, 1.82) is 0 Å². The smallest absolute Gasteiger partial charge is 0.332 e. The molecule has 0 unspecified atom stereocenters. The maximum atomic E-state index is 13.3. The Kier molecular flexibility index (Phi) is 6.15. The van der Waals surface area contributed by atoms with Crippen molar-refractivity contribution in [2.45, 2.75) is 78.0 Å². The summed E-state index contributed by atoms with van der Waals surface area (Å²) in [6.45, 7) is 5.00. The fourth-order valence-corrected chi connectivity index (χ4v) is 4.53. The Morgan fingerprint density at radius 1 is 1.10 bits per heavy atom. The van der Waals surface area contributed by atoms with Crippen molar-refractivity contribution in [1.82, 2.24) is 18.7 Å². The van der Waals surface area contributed by atoms with Crippen molar-refractivity contribution >= 4 is 17.1 Å². The minimum Gasteiger partial charge on any atom is -0.508 e. The van der Waals surface area contributed by atoms with Crippen LogP contribution in [0, 0.1) is 0 Å². The van der Waals surface area contributed by atoms with Gasteiger partial charge in [-0.2, -0.15) is 4.98 Å². The molecule has 0 atom stereocenters. The normalized spacial score (nSPS) is 14.9. The Bertz CT molecular complexity index is 1180. The molecule has 166 valence electrons. The number of phenolic OH excluding ortho intramolecular Hbond substituents is 1. The predicted octanol–water partition coefficient (Wildman–Crippen LogP) is 3.29. The molecule has 0 radical (unpaired) electrons. The first-order chi connectivity index (χ1) is 15.0. The first-order valence-electron chi connectivity index (χ1n) is 11.3. The van der Waals surface area contributed by atoms with Gasteiger partial charge in [-0.25, -0.2) is 4.79 Å². The number of aromatic hydroxyl groups is 1. The largest absolute Gasteiger partial charge is 0.508 e. The zero-order valence-corrected chi connectivity index (χ0v) is 18.3. The molecule has 8 heteroatoms. The molecule has 0 aliphatic heterocycles. The number of nitrogens with zero attached hydrogens (tertiary/aromatic N) is 4. The zero-order chi connectivity index (χ0) is 22.0. The minimum atomic E-state index is -0.320. The number of aryl methyl sites for hydroxylation is 1. The van der Waals surface area contributed by atoms with E-state index in [0.717, 1.165) is 24.8 Å². The topological polar surface area (TPSA) is 94.1 Å². The van der Waals surface area contributed by atoms with Gasteiger partial charge in [0.05, 0.1) is 6.54 Å². The molecule has 4 rings (SSSR count). The van der Waals surface area contributed by atoms with Crippen LogP contribution in [0.25, 0.3) is 11.2 Å². The number of benzene rings is 1. The van der Waals surface area contributed by atoms with Gasteiger partial charge in [-0.05, 0) is 43.9 Å². The van der Waals surface area contributed by atoms with Gasteiger partial charge in [0, 0.05) is 19.1 Å². The Hall–Kier alpha value is -3.03. The van der Waals surface area contributed by atoms with Crippen LogP contribution < -0.4 is 16.6 Å². The third kappa shape index (κ3) is 4.11. The van der Waals surface area contributed by atoms with Crippen LogP contribution in [-0.2, 0) is 19.6 Å². The summed E-state index contributed by atoms with van der Waals surface area (Å²) >= 11 is 0. The molecule has 0 bridgehead atoms. The van der Waals surface area contributed by atoms with E-state index in [1.807, 2.05) is 24.5 Å². The third-order valence-electron chi connectivity index (χ3n) is 6.07. The van der Waals surface area contributed by atoms with E-state index in [9.17, 15) is 14.7 Å². The molecule has 3 aromatic rings. The van der Waals surface area contributed by atoms with Gasteiger partial charge in [-0.1, -0.05) is 38.3 Å². The van der Waals surface area contributed by atoms with Crippen molar-refractivity contribution in [2.75, 3.05) is 5.32 Å². The highest BCUT2D eigenvalue weighted by molar-refractivity contribution is 5.74. The van der Waals surface area contributed by atoms with Gasteiger partial charge in [0.15, 0.2) is 11.2 Å². The number of nitrogens with one attached hydrogen (secondary N) is 1. The molecule has 8 nitrogen and oxygen atoms in total. The Morgan fingerprint density at radius 2 is 1.87 bits per heavy atom. The molecular formula is C23H31N5O3. The molecule has 0 amide bonds. The van der Waals surface area contributed by atoms with Crippen molar-refractivity contribution < 1.29 is 5.11 Å². The molecule has 0 spiro atoms. The maximum absolute atomic E-state index is 13.3. The summed E-state index contributed by atoms with van der Waals surface area (Å²) in [7, 11) is 0. The molecule has 2 N–H and O–H groups in total. The predicted molar refractivity (Wildman–Crippen MR) is 122 cm³/mol. The Morgan fingerprint density at radius 3 is 2.55 bits per heavy atom. The van der Waals surface area contributed by atoms with E-state index in [4.69, 9.17) is 4.98 Å². The molecule has 1 fully saturated rings. The Labute approximate surface area is 181 Å². The number of aromatic nitrogens is 4. The Balaban J connectivity index is 1.93. The number of hydrogen-bond acceptors (Lipinski definition) is 5. The van der Waals surface area contributed by atoms with Gasteiger partial charge in [-0.15, -0.1) is 0 Å². The summed E-state index contributed by atoms with van der Waals surface area (Å²) in [6, 6.07) is 7.32. The standard InChI is InChI=1S/C23H31N5O3/c1-3-13-27-20-19(21(30)26(4-2)23(27)31)28(15-16-9-8-12-18(29)14-16)22(25-20)24-17-10-6-5-7-11-17/h8-9,12,14,17,29H,3-7,10-11,13,15H2,1-2H3,(H,24,25). The highest BCUT2D eigenvalue weighted by Gasteiger charge is 2.23. The third-order valence-corrected chi connectivity index (χ3v) is 6.07. The zero-order valence-electron chi connectivity index (χ0n) is 18.3. The van der Waals surface area contributed by atoms with E-state index < -0.39 is 0 Å². The lowest BCUT2D eigenvalue weighted by Crippen LogP contribution is -2.40. The fourth-order valence-electron chi connectivity index (χ4n) is 4.53. The molecule has 0 saturated heterocycles. The lowest BCUT2D eigenvalue weighted by atomic mass is 9.96. The van der Waals surface area contributed by atoms with Gasteiger partial charge in [0.25, 0.3) is 5.56 Å². The molecule has 1 saturated carbocycles. The van der Waals surface area contributed by atoms with Crippen LogP contribution >= 0.6 is 0 Å². The lowest BCUT2D eigenvalue weighted by Gasteiger charge is -2.23. The lowest BCUT2D eigenvalue weighted by molar-refractivity contribution is 0.459. The number of fused-ring (bicyclic) bond motifs is 1. The number of anilines is 1. The average Bonchev–Trinajstić information content (AvgIpc) is 3.10. The van der Waals surface area contributed by atoms with Gasteiger partial charge in [0.2, 0.25) is 5.95 Å². The number of hydrogen-bond donors (Lipinski definition) is 2. The van der Waals surface area contributed by atoms with Crippen molar-refractivity contribution in [3.63, 3.8) is 0 Å². The quantitative estimate of drug-likeness (QED) is 0.606. The van der Waals surface area contributed by atoms with E-state index in [2.05, 4.69) is 5.32 Å². The van der Waals surface area contributed by atoms with Gasteiger partial charge >= 0.3 is 5.69 Å². The van der Waals surface area contributed by atoms with E-state index >= 15 is 0 Å². The maximum Gasteiger partial charge on any atom is 0.332 e. The second kappa shape index (κ2) is 8.99. The molecule has 2 heterocycles. The van der Waals surface area contributed by atoms with Crippen LogP contribution in [0.2, 0.25) is 0 Å². The van der Waals surface area contributed by atoms with Crippen molar-refractivity contribution in [3.8, 4) is 5.75 Å². The molecule has 2 aromatic heterocycles. The first-order valence-corrected chi connectivity index (χ1v) is 11.3. The number of imidazole rings is 1. The van der Waals surface area contributed by atoms with Crippen LogP contribution in [-0.4, -0.2) is 29.8 Å². The number of phenols is 1. The van der Waals surface area contributed by atoms with E-state index in [1.54, 1.807) is 22.8 Å². The van der Waals surface area contributed by atoms with E-state index in [0.29, 0.717) is 42.8 Å². The molecule has 1 aliphatic carbocycles. The summed E-state index contributed by atoms with van der Waals surface area (Å²) in [5.74, 6) is 0.790. The highest BCUT2D eigenvalue weighted by Crippen LogP contribution is 2.25. The van der Waals surface area contributed by atoms with Crippen molar-refractivity contribution in [2.24, 2.45) is 0 Å². The molecule has 1 aliphatic rings. The van der Waals surface area contributed by atoms with Crippen LogP contribution in [0.15, 0.2) is 33.9 Å². The van der Waals surface area contributed by atoms with Crippen LogP contribution in [0.5, 0.6) is 5.75 Å². The first kappa shape index (κ1) is 21.2. The summed E-state index contributed by atoms with van der Waals surface area (Å²) in [6.07, 6.45) is 6.49. The van der Waals surface area contributed by atoms with Gasteiger partial charge in [-0.3, -0.25) is 18.5 Å². The minimum absolute atomic E-state index is 0.178. The summed E-state index contributed by atoms with van der Waals surface area (Å²) in [4.78, 5) is 31.1. The second-order valence-corrected chi connectivity index (χ2v) is 8.33. The molecule has 31 heavy (non-hydrogen) atoms. The monoisotopic (exact) mass is 425 g/mol. The van der Waals surface area contributed by atoms with Gasteiger partial charge < -0.3 is 10.4 Å². The van der Waals surface area contributed by atoms with Crippen LogP contribution in [0.1, 0.15) is 57.9 Å². The molecule has 1 aromatic carbocycles. The summed E-state index contributed by atoms with van der Waals surface area (Å²) < 4.78 is 4.77. The highest BCUT2D eigenvalue weighted by atomic mass is 16.3. The average molecular weight is 426 g/mol. The fraction of sp³-hybridized carbons (Fsp3) is 0.522. The van der Waals surface area contributed by atoms with Crippen LogP contribution in [0.3, 0.4) is 0 Å². The van der Waals surface area contributed by atoms with Gasteiger partial charge in [0.1, 0.15) is 5.75 Å². The van der Waals surface area contributed by atoms with Crippen molar-refractivity contribution in [3.05, 3.63) is 50.7 Å². The van der Waals surface area contributed by atoms with E-state index in [1.165, 1.54) is 23.8 Å². The summed E-state index contributed by atoms with van der Waals surface area (Å²) in [5.41, 5.74) is 1.09. The second-order valence-electron chi connectivity index (χ2n) is 8.33. The molecular weight excluding hydrogens is 394 g/mol.